The topological polar surface area (TPSA) is 47.8 Å². The van der Waals surface area contributed by atoms with Crippen LogP contribution in [0.3, 0.4) is 0 Å². The van der Waals surface area contributed by atoms with E-state index < -0.39 is 0 Å². The number of rotatable bonds is 4. The maximum absolute atomic E-state index is 12.2. The maximum Gasteiger partial charge on any atom is 0.212 e. The molecule has 0 fully saturated rings. The van der Waals surface area contributed by atoms with E-state index in [9.17, 15) is 4.79 Å². The molecule has 0 amide bonds. The largest absolute Gasteiger partial charge is 0.287 e. The van der Waals surface area contributed by atoms with Gasteiger partial charge in [-0.2, -0.15) is 0 Å². The van der Waals surface area contributed by atoms with Gasteiger partial charge in [0.05, 0.1) is 6.20 Å². The Bertz CT molecular complexity index is 514. The molecule has 0 atom stereocenters. The van der Waals surface area contributed by atoms with Gasteiger partial charge in [-0.1, -0.05) is 42.0 Å². The zero-order valence-electron chi connectivity index (χ0n) is 10.1. The van der Waals surface area contributed by atoms with E-state index in [-0.39, 0.29) is 5.78 Å². The molecule has 1 aromatic carbocycles. The Hall–Kier alpha value is -1.97. The van der Waals surface area contributed by atoms with E-state index in [4.69, 9.17) is 0 Å². The Labute approximate surface area is 100 Å². The van der Waals surface area contributed by atoms with Crippen molar-refractivity contribution in [2.75, 3.05) is 0 Å². The molecule has 1 aromatic heterocycles. The predicted molar refractivity (Wildman–Crippen MR) is 64.9 cm³/mol. The molecule has 0 aliphatic heterocycles. The molecule has 17 heavy (non-hydrogen) atoms. The quantitative estimate of drug-likeness (QED) is 0.755. The van der Waals surface area contributed by atoms with Crippen molar-refractivity contribution in [3.8, 4) is 0 Å². The summed E-state index contributed by atoms with van der Waals surface area (Å²) < 4.78 is 1.65. The molecule has 2 rings (SSSR count). The smallest absolute Gasteiger partial charge is 0.212 e. The van der Waals surface area contributed by atoms with Crippen molar-refractivity contribution in [2.24, 2.45) is 0 Å². The van der Waals surface area contributed by atoms with Crippen LogP contribution in [0.15, 0.2) is 30.5 Å². The number of benzene rings is 1. The molecular weight excluding hydrogens is 214 g/mol. The van der Waals surface area contributed by atoms with Crippen molar-refractivity contribution < 1.29 is 4.79 Å². The molecule has 0 saturated heterocycles. The second-order valence-corrected chi connectivity index (χ2v) is 4.04. The van der Waals surface area contributed by atoms with Crippen LogP contribution in [0.25, 0.3) is 0 Å². The van der Waals surface area contributed by atoms with Gasteiger partial charge in [0.2, 0.25) is 5.78 Å². The van der Waals surface area contributed by atoms with Crippen LogP contribution in [-0.2, 0) is 6.54 Å². The average Bonchev–Trinajstić information content (AvgIpc) is 2.78. The van der Waals surface area contributed by atoms with Crippen LogP contribution in [0.1, 0.15) is 35.0 Å². The Morgan fingerprint density at radius 3 is 2.65 bits per heavy atom. The van der Waals surface area contributed by atoms with Crippen LogP contribution >= 0.6 is 0 Å². The van der Waals surface area contributed by atoms with E-state index in [2.05, 4.69) is 10.3 Å². The number of nitrogens with zero attached hydrogens (tertiary/aromatic N) is 3. The van der Waals surface area contributed by atoms with Gasteiger partial charge in [0.25, 0.3) is 0 Å². The summed E-state index contributed by atoms with van der Waals surface area (Å²) in [6.07, 6.45) is 2.45. The molecule has 0 bridgehead atoms. The number of ketones is 1. The SMILES string of the molecule is CCCn1nncc1C(=O)c1ccc(C)cc1. The highest BCUT2D eigenvalue weighted by Crippen LogP contribution is 2.10. The van der Waals surface area contributed by atoms with Crippen molar-refractivity contribution in [2.45, 2.75) is 26.8 Å². The lowest BCUT2D eigenvalue weighted by Crippen LogP contribution is -2.11. The Kier molecular flexibility index (Phi) is 3.32. The summed E-state index contributed by atoms with van der Waals surface area (Å²) in [7, 11) is 0. The Balaban J connectivity index is 2.30. The second kappa shape index (κ2) is 4.91. The van der Waals surface area contributed by atoms with Crippen LogP contribution in [-0.4, -0.2) is 20.8 Å². The van der Waals surface area contributed by atoms with Gasteiger partial charge in [0, 0.05) is 12.1 Å². The number of aryl methyl sites for hydroxylation is 2. The van der Waals surface area contributed by atoms with Gasteiger partial charge in [0.15, 0.2) is 0 Å². The van der Waals surface area contributed by atoms with Crippen LogP contribution in [0.5, 0.6) is 0 Å². The van der Waals surface area contributed by atoms with E-state index in [0.29, 0.717) is 17.8 Å². The van der Waals surface area contributed by atoms with Crippen molar-refractivity contribution in [3.05, 3.63) is 47.3 Å². The molecule has 4 nitrogen and oxygen atoms in total. The fourth-order valence-corrected chi connectivity index (χ4v) is 1.66. The lowest BCUT2D eigenvalue weighted by atomic mass is 10.1. The summed E-state index contributed by atoms with van der Waals surface area (Å²) in [6.45, 7) is 4.76. The normalized spacial score (nSPS) is 10.5. The Morgan fingerprint density at radius 2 is 2.00 bits per heavy atom. The van der Waals surface area contributed by atoms with Gasteiger partial charge in [-0.3, -0.25) is 4.79 Å². The average molecular weight is 229 g/mol. The first-order chi connectivity index (χ1) is 8.22. The van der Waals surface area contributed by atoms with Gasteiger partial charge < -0.3 is 0 Å². The van der Waals surface area contributed by atoms with Gasteiger partial charge in [-0.05, 0) is 13.3 Å². The third-order valence-electron chi connectivity index (χ3n) is 2.60. The Morgan fingerprint density at radius 1 is 1.29 bits per heavy atom. The molecule has 0 radical (unpaired) electrons. The van der Waals surface area contributed by atoms with Gasteiger partial charge in [-0.25, -0.2) is 4.68 Å². The number of carbonyl (C=O) groups is 1. The van der Waals surface area contributed by atoms with Crippen molar-refractivity contribution in [1.29, 1.82) is 0 Å². The molecular formula is C13H15N3O. The second-order valence-electron chi connectivity index (χ2n) is 4.04. The van der Waals surface area contributed by atoms with E-state index in [1.807, 2.05) is 38.1 Å². The highest BCUT2D eigenvalue weighted by atomic mass is 16.1. The predicted octanol–water partition coefficient (Wildman–Crippen LogP) is 2.23. The zero-order valence-corrected chi connectivity index (χ0v) is 10.1. The highest BCUT2D eigenvalue weighted by Gasteiger charge is 2.14. The first kappa shape index (κ1) is 11.5. The monoisotopic (exact) mass is 229 g/mol. The molecule has 2 aromatic rings. The molecule has 4 heteroatoms. The summed E-state index contributed by atoms with van der Waals surface area (Å²) in [5.41, 5.74) is 2.37. The molecule has 0 N–H and O–H groups in total. The first-order valence-electron chi connectivity index (χ1n) is 5.72. The molecule has 0 aliphatic carbocycles. The fourth-order valence-electron chi connectivity index (χ4n) is 1.66. The van der Waals surface area contributed by atoms with Crippen molar-refractivity contribution in [3.63, 3.8) is 0 Å². The molecule has 0 unspecified atom stereocenters. The molecule has 1 heterocycles. The number of hydrogen-bond donors (Lipinski definition) is 0. The number of carbonyl (C=O) groups excluding carboxylic acids is 1. The van der Waals surface area contributed by atoms with Crippen LogP contribution in [0.4, 0.5) is 0 Å². The summed E-state index contributed by atoms with van der Waals surface area (Å²) >= 11 is 0. The fraction of sp³-hybridized carbons (Fsp3) is 0.308. The zero-order chi connectivity index (χ0) is 12.3. The summed E-state index contributed by atoms with van der Waals surface area (Å²) in [5.74, 6) is -0.0246. The van der Waals surface area contributed by atoms with Crippen LogP contribution < -0.4 is 0 Å². The van der Waals surface area contributed by atoms with Gasteiger partial charge in [0.1, 0.15) is 5.69 Å². The van der Waals surface area contributed by atoms with Crippen molar-refractivity contribution in [1.82, 2.24) is 15.0 Å². The standard InChI is InChI=1S/C13H15N3O/c1-3-8-16-12(9-14-15-16)13(17)11-6-4-10(2)5-7-11/h4-7,9H,3,8H2,1-2H3. The summed E-state index contributed by atoms with van der Waals surface area (Å²) in [6, 6.07) is 7.53. The first-order valence-corrected chi connectivity index (χ1v) is 5.72. The lowest BCUT2D eigenvalue weighted by Gasteiger charge is -2.04. The maximum atomic E-state index is 12.2. The van der Waals surface area contributed by atoms with E-state index in [0.717, 1.165) is 12.0 Å². The molecule has 0 saturated carbocycles. The van der Waals surface area contributed by atoms with Gasteiger partial charge >= 0.3 is 0 Å². The lowest BCUT2D eigenvalue weighted by molar-refractivity contribution is 0.102. The number of hydrogen-bond acceptors (Lipinski definition) is 3. The summed E-state index contributed by atoms with van der Waals surface area (Å²) in [4.78, 5) is 12.2. The molecule has 0 spiro atoms. The molecule has 88 valence electrons. The van der Waals surface area contributed by atoms with Gasteiger partial charge in [-0.15, -0.1) is 5.10 Å². The van der Waals surface area contributed by atoms with Crippen LogP contribution in [0.2, 0.25) is 0 Å². The van der Waals surface area contributed by atoms with E-state index in [1.54, 1.807) is 4.68 Å². The minimum atomic E-state index is -0.0246. The highest BCUT2D eigenvalue weighted by molar-refractivity contribution is 6.07. The third-order valence-corrected chi connectivity index (χ3v) is 2.60. The third kappa shape index (κ3) is 2.41. The van der Waals surface area contributed by atoms with E-state index >= 15 is 0 Å². The van der Waals surface area contributed by atoms with Crippen molar-refractivity contribution >= 4 is 5.78 Å². The molecule has 0 aliphatic rings. The van der Waals surface area contributed by atoms with Crippen LogP contribution in [0, 0.1) is 6.92 Å². The minimum absolute atomic E-state index is 0.0246. The number of aromatic nitrogens is 3. The summed E-state index contributed by atoms with van der Waals surface area (Å²) in [5, 5.41) is 7.71. The minimum Gasteiger partial charge on any atom is -0.287 e. The van der Waals surface area contributed by atoms with E-state index in [1.165, 1.54) is 6.20 Å².